The normalized spacial score (nSPS) is 18.0. The fourth-order valence-corrected chi connectivity index (χ4v) is 8.92. The van der Waals surface area contributed by atoms with Gasteiger partial charge in [-0.05, 0) is 91.2 Å². The van der Waals surface area contributed by atoms with Gasteiger partial charge in [-0.3, -0.25) is 23.9 Å². The van der Waals surface area contributed by atoms with Crippen molar-refractivity contribution in [2.45, 2.75) is 79.7 Å². The topological polar surface area (TPSA) is 230 Å². The number of H-pyrrole nitrogens is 2. The van der Waals surface area contributed by atoms with Gasteiger partial charge in [0.1, 0.15) is 17.1 Å². The molecule has 0 bridgehead atoms. The van der Waals surface area contributed by atoms with E-state index in [2.05, 4.69) is 31.1 Å². The van der Waals surface area contributed by atoms with E-state index in [1.165, 1.54) is 16.7 Å². The van der Waals surface area contributed by atoms with Crippen LogP contribution in [0.15, 0.2) is 104 Å². The number of halogens is 1. The summed E-state index contributed by atoms with van der Waals surface area (Å²) in [4.78, 5) is 68.0. The highest BCUT2D eigenvalue weighted by Gasteiger charge is 2.34. The van der Waals surface area contributed by atoms with Crippen LogP contribution < -0.4 is 33.2 Å². The second kappa shape index (κ2) is 20.2. The number of nitrogens with one attached hydrogen (secondary N) is 5. The first kappa shape index (κ1) is 43.3. The van der Waals surface area contributed by atoms with Crippen molar-refractivity contribution >= 4 is 52.0 Å². The standard InChI is InChI=1S/C44H49ClN10O5S/c1-55-37(22-29-24-49-34-10-3-2-9-31(29)34)41(57)51-25-32-30(26-13-15-27(16-14-26)39-53-44(59)60-54-39)17-18-33(45)38(32)61-42-28(8-7-21-48-42)23-50-35(12-6-20-47)40(56)52-36(43(55)58)11-4-5-19-46/h2-3,7-10,13-18,21,24,35-37,49-50H,4-6,11-12,19-20,22-23,25,46-47H2,1H3,(H,51,57)(H,52,56)(H,53,54,59)/t35-,36-,37-/m0/s1. The van der Waals surface area contributed by atoms with Crippen molar-refractivity contribution in [2.75, 3.05) is 20.1 Å². The Balaban J connectivity index is 1.33. The minimum absolute atomic E-state index is 0.0417. The molecule has 3 aromatic heterocycles. The minimum atomic E-state index is -0.979. The highest BCUT2D eigenvalue weighted by molar-refractivity contribution is 7.99. The van der Waals surface area contributed by atoms with Crippen molar-refractivity contribution in [3.05, 3.63) is 117 Å². The monoisotopic (exact) mass is 864 g/mol. The highest BCUT2D eigenvalue weighted by Crippen LogP contribution is 2.41. The Morgan fingerprint density at radius 3 is 2.41 bits per heavy atom. The van der Waals surface area contributed by atoms with E-state index in [1.54, 1.807) is 19.3 Å². The number of pyridine rings is 1. The number of amides is 3. The molecule has 7 rings (SSSR count). The zero-order valence-electron chi connectivity index (χ0n) is 33.7. The second-order valence-corrected chi connectivity index (χ2v) is 16.4. The molecule has 1 aliphatic rings. The maximum absolute atomic E-state index is 14.8. The molecule has 0 aliphatic carbocycles. The molecular formula is C44H49ClN10O5S. The molecule has 9 N–H and O–H groups in total. The van der Waals surface area contributed by atoms with Gasteiger partial charge in [0.25, 0.3) is 0 Å². The van der Waals surface area contributed by atoms with Gasteiger partial charge in [-0.25, -0.2) is 9.78 Å². The van der Waals surface area contributed by atoms with E-state index >= 15 is 0 Å². The zero-order valence-corrected chi connectivity index (χ0v) is 35.3. The molecule has 0 saturated heterocycles. The largest absolute Gasteiger partial charge is 0.439 e. The molecule has 3 amide bonds. The summed E-state index contributed by atoms with van der Waals surface area (Å²) in [6.07, 6.45) is 6.33. The lowest BCUT2D eigenvalue weighted by Gasteiger charge is -2.32. The van der Waals surface area contributed by atoms with Crippen LogP contribution in [0.5, 0.6) is 0 Å². The number of nitrogens with zero attached hydrogens (tertiary/aromatic N) is 3. The molecule has 4 heterocycles. The quantitative estimate of drug-likeness (QED) is 0.0868. The van der Waals surface area contributed by atoms with Gasteiger partial charge in [-0.2, -0.15) is 0 Å². The first-order valence-corrected chi connectivity index (χ1v) is 21.5. The number of unbranched alkanes of at least 4 members (excludes halogenated alkanes) is 1. The maximum atomic E-state index is 14.8. The van der Waals surface area contributed by atoms with Crippen LogP contribution in [0.1, 0.15) is 48.8 Å². The Hall–Kier alpha value is -5.78. The summed E-state index contributed by atoms with van der Waals surface area (Å²) in [6.45, 7) is 1.14. The van der Waals surface area contributed by atoms with Crippen LogP contribution in [0, 0.1) is 0 Å². The number of hydrogen-bond acceptors (Lipinski definition) is 11. The summed E-state index contributed by atoms with van der Waals surface area (Å²) in [5.74, 6) is -1.50. The van der Waals surface area contributed by atoms with E-state index in [0.29, 0.717) is 71.5 Å². The van der Waals surface area contributed by atoms with Gasteiger partial charge in [-0.1, -0.05) is 83.1 Å². The van der Waals surface area contributed by atoms with E-state index in [9.17, 15) is 19.2 Å². The van der Waals surface area contributed by atoms with Gasteiger partial charge >= 0.3 is 5.76 Å². The molecule has 1 aliphatic heterocycles. The molecule has 318 valence electrons. The molecule has 61 heavy (non-hydrogen) atoms. The van der Waals surface area contributed by atoms with E-state index in [-0.39, 0.29) is 25.4 Å². The van der Waals surface area contributed by atoms with Crippen LogP contribution in [0.25, 0.3) is 33.4 Å². The van der Waals surface area contributed by atoms with Crippen LogP contribution in [0.4, 0.5) is 0 Å². The third kappa shape index (κ3) is 10.2. The molecule has 6 aromatic rings. The smallest absolute Gasteiger partial charge is 0.361 e. The van der Waals surface area contributed by atoms with Crippen molar-refractivity contribution in [2.24, 2.45) is 11.5 Å². The third-order valence-electron chi connectivity index (χ3n) is 10.9. The van der Waals surface area contributed by atoms with Crippen LogP contribution in [0.2, 0.25) is 5.02 Å². The molecule has 15 nitrogen and oxygen atoms in total. The Labute approximate surface area is 361 Å². The number of nitrogens with two attached hydrogens (primary N) is 2. The summed E-state index contributed by atoms with van der Waals surface area (Å²) in [7, 11) is 1.61. The Morgan fingerprint density at radius 1 is 0.869 bits per heavy atom. The van der Waals surface area contributed by atoms with Crippen molar-refractivity contribution in [1.82, 2.24) is 41.0 Å². The molecule has 3 atom stereocenters. The molecule has 0 radical (unpaired) electrons. The number of aromatic nitrogens is 4. The first-order valence-electron chi connectivity index (χ1n) is 20.3. The fourth-order valence-electron chi connectivity index (χ4n) is 7.58. The maximum Gasteiger partial charge on any atom is 0.439 e. The lowest BCUT2D eigenvalue weighted by atomic mass is 9.97. The molecule has 17 heteroatoms. The van der Waals surface area contributed by atoms with Crippen molar-refractivity contribution in [3.63, 3.8) is 0 Å². The number of fused-ring (bicyclic) bond motifs is 3. The molecule has 3 aromatic carbocycles. The number of likely N-dealkylation sites (N-methyl/N-ethyl adjacent to an activating group) is 1. The average molecular weight is 865 g/mol. The third-order valence-corrected chi connectivity index (χ3v) is 12.6. The molecule has 0 saturated carbocycles. The van der Waals surface area contributed by atoms with Crippen LogP contribution in [-0.2, 0) is 33.9 Å². The van der Waals surface area contributed by atoms with Gasteiger partial charge in [0.15, 0.2) is 5.82 Å². The number of para-hydroxylation sites is 1. The number of rotatable bonds is 11. The van der Waals surface area contributed by atoms with E-state index < -0.39 is 35.7 Å². The molecule has 0 spiro atoms. The van der Waals surface area contributed by atoms with Crippen LogP contribution in [-0.4, -0.2) is 81.0 Å². The van der Waals surface area contributed by atoms with Crippen molar-refractivity contribution in [3.8, 4) is 22.5 Å². The minimum Gasteiger partial charge on any atom is -0.361 e. The number of carbonyl (C=O) groups is 3. The molecule has 0 fully saturated rings. The predicted octanol–water partition coefficient (Wildman–Crippen LogP) is 4.89. The van der Waals surface area contributed by atoms with Gasteiger partial charge in [0, 0.05) is 60.3 Å². The number of benzene rings is 3. The SMILES string of the molecule is CN1C(=O)[C@H](CCCCN)NC(=O)[C@H](CCCN)NCc2cccnc2Sc2c(Cl)ccc(-c3ccc(-c4noc(=O)[nH]4)cc3)c2CNC(=O)[C@@H]1Cc1c[nH]c2ccccc12. The van der Waals surface area contributed by atoms with Crippen LogP contribution >= 0.6 is 23.4 Å². The highest BCUT2D eigenvalue weighted by atomic mass is 35.5. The zero-order chi connectivity index (χ0) is 42.9. The average Bonchev–Trinajstić information content (AvgIpc) is 3.90. The van der Waals surface area contributed by atoms with E-state index in [0.717, 1.165) is 38.7 Å². The molecule has 0 unspecified atom stereocenters. The van der Waals surface area contributed by atoms with Crippen molar-refractivity contribution < 1.29 is 18.9 Å². The summed E-state index contributed by atoms with van der Waals surface area (Å²) >= 11 is 8.43. The summed E-state index contributed by atoms with van der Waals surface area (Å²) in [6, 6.07) is 20.1. The van der Waals surface area contributed by atoms with Gasteiger partial charge in [0.05, 0.1) is 11.1 Å². The van der Waals surface area contributed by atoms with E-state index in [4.69, 9.17) is 32.6 Å². The van der Waals surface area contributed by atoms with Gasteiger partial charge < -0.3 is 37.3 Å². The van der Waals surface area contributed by atoms with Crippen molar-refractivity contribution in [1.29, 1.82) is 0 Å². The number of aromatic amines is 2. The van der Waals surface area contributed by atoms with E-state index in [1.807, 2.05) is 72.9 Å². The summed E-state index contributed by atoms with van der Waals surface area (Å²) in [5.41, 5.74) is 17.3. The lowest BCUT2D eigenvalue weighted by Crippen LogP contribution is -2.57. The molecular weight excluding hydrogens is 816 g/mol. The predicted molar refractivity (Wildman–Crippen MR) is 236 cm³/mol. The Kier molecular flexibility index (Phi) is 14.3. The van der Waals surface area contributed by atoms with Gasteiger partial charge in [0.2, 0.25) is 17.7 Å². The Bertz CT molecular complexity index is 2540. The summed E-state index contributed by atoms with van der Waals surface area (Å²) < 4.78 is 4.71. The lowest BCUT2D eigenvalue weighted by molar-refractivity contribution is -0.142. The fraction of sp³-hybridized carbons (Fsp3) is 0.318. The number of hydrogen-bond donors (Lipinski definition) is 7. The summed E-state index contributed by atoms with van der Waals surface area (Å²) in [5, 5.41) is 15.5. The second-order valence-electron chi connectivity index (χ2n) is 14.9. The first-order chi connectivity index (χ1) is 29.6. The van der Waals surface area contributed by atoms with Crippen LogP contribution in [0.3, 0.4) is 0 Å². The Morgan fingerprint density at radius 2 is 1.64 bits per heavy atom. The number of carbonyl (C=O) groups excluding carboxylic acids is 3. The van der Waals surface area contributed by atoms with Gasteiger partial charge in [-0.15, -0.1) is 0 Å².